The Morgan fingerprint density at radius 1 is 0.882 bits per heavy atom. The van der Waals surface area contributed by atoms with E-state index in [1.165, 1.54) is 17.5 Å². The SMILES string of the molecule is CC[C@@H](CO[Si](c1ccccc1)(c1ccccc1)C(C)(C)C)N1C(=O)[C@@](C)(C2CC2C(=O)OC)C[C@H](c2cccc(Cl)c2)[C@H]1c1ccc(Cl)cc1. The third-order valence-corrected chi connectivity index (χ3v) is 16.9. The van der Waals surface area contributed by atoms with Crippen molar-refractivity contribution in [3.05, 3.63) is 130 Å². The largest absolute Gasteiger partial charge is 0.469 e. The van der Waals surface area contributed by atoms with Crippen LogP contribution in [-0.2, 0) is 18.8 Å². The minimum atomic E-state index is -2.92. The smallest absolute Gasteiger partial charge is 0.308 e. The van der Waals surface area contributed by atoms with Crippen LogP contribution in [0.5, 0.6) is 0 Å². The van der Waals surface area contributed by atoms with Crippen molar-refractivity contribution in [3.8, 4) is 0 Å². The molecule has 0 N–H and O–H groups in total. The summed E-state index contributed by atoms with van der Waals surface area (Å²) in [6.07, 6.45) is 1.88. The number of methoxy groups -OCH3 is 1. The zero-order valence-corrected chi connectivity index (χ0v) is 33.0. The zero-order chi connectivity index (χ0) is 36.6. The average Bonchev–Trinajstić information content (AvgIpc) is 3.94. The van der Waals surface area contributed by atoms with Crippen molar-refractivity contribution in [2.45, 2.75) is 76.9 Å². The van der Waals surface area contributed by atoms with Crippen LogP contribution in [0.2, 0.25) is 15.1 Å². The van der Waals surface area contributed by atoms with E-state index < -0.39 is 13.7 Å². The molecule has 1 aliphatic heterocycles. The van der Waals surface area contributed by atoms with Gasteiger partial charge in [0.2, 0.25) is 5.91 Å². The van der Waals surface area contributed by atoms with E-state index in [4.69, 9.17) is 32.4 Å². The maximum Gasteiger partial charge on any atom is 0.308 e. The number of esters is 1. The van der Waals surface area contributed by atoms with Crippen LogP contribution >= 0.6 is 23.2 Å². The number of nitrogens with zero attached hydrogens (tertiary/aromatic N) is 1. The van der Waals surface area contributed by atoms with Crippen LogP contribution in [0.3, 0.4) is 0 Å². The Morgan fingerprint density at radius 3 is 2.02 bits per heavy atom. The first-order chi connectivity index (χ1) is 24.4. The lowest BCUT2D eigenvalue weighted by Crippen LogP contribution is -2.68. The molecule has 2 fully saturated rings. The molecule has 268 valence electrons. The number of hydrogen-bond acceptors (Lipinski definition) is 4. The predicted octanol–water partition coefficient (Wildman–Crippen LogP) is 9.22. The fourth-order valence-corrected chi connectivity index (χ4v) is 13.7. The molecule has 1 heterocycles. The van der Waals surface area contributed by atoms with Gasteiger partial charge in [-0.2, -0.15) is 0 Å². The Hall–Kier alpha value is -3.42. The van der Waals surface area contributed by atoms with Gasteiger partial charge in [0.1, 0.15) is 0 Å². The highest BCUT2D eigenvalue weighted by molar-refractivity contribution is 6.99. The van der Waals surface area contributed by atoms with Crippen molar-refractivity contribution in [1.29, 1.82) is 0 Å². The first kappa shape index (κ1) is 37.3. The number of likely N-dealkylation sites (tertiary alicyclic amines) is 1. The van der Waals surface area contributed by atoms with Gasteiger partial charge in [-0.3, -0.25) is 9.59 Å². The molecule has 2 aliphatic rings. The standard InChI is InChI=1S/C43H49Cl2NO4Si/c1-7-33(28-50-51(42(2,3)4,34-17-10-8-11-18-34)35-19-12-9-13-20-35)46-39(29-21-23-31(44)24-22-29)37(30-15-14-16-32(45)25-30)27-43(5,41(46)48)38-26-36(38)40(47)49-6/h8-25,33,36-39H,7,26-28H2,1-6H3/t33-,36?,37+,38?,39+,43+/m0/s1. The normalized spacial score (nSPS) is 24.2. The maximum absolute atomic E-state index is 15.4. The number of benzene rings is 4. The fourth-order valence-electron chi connectivity index (χ4n) is 8.75. The Morgan fingerprint density at radius 2 is 1.49 bits per heavy atom. The van der Waals surface area contributed by atoms with Crippen LogP contribution in [0, 0.1) is 17.3 Å². The monoisotopic (exact) mass is 741 g/mol. The molecular weight excluding hydrogens is 693 g/mol. The molecule has 4 aromatic rings. The summed E-state index contributed by atoms with van der Waals surface area (Å²) in [5, 5.41) is 3.44. The van der Waals surface area contributed by atoms with Crippen molar-refractivity contribution in [1.82, 2.24) is 4.90 Å². The van der Waals surface area contributed by atoms with E-state index in [1.807, 2.05) is 54.6 Å². The molecule has 0 bridgehead atoms. The second-order valence-corrected chi connectivity index (χ2v) is 20.7. The van der Waals surface area contributed by atoms with Crippen molar-refractivity contribution in [2.75, 3.05) is 13.7 Å². The Labute approximate surface area is 314 Å². The minimum absolute atomic E-state index is 0.0510. The van der Waals surface area contributed by atoms with Gasteiger partial charge in [-0.1, -0.05) is 143 Å². The number of rotatable bonds is 11. The van der Waals surface area contributed by atoms with Gasteiger partial charge in [-0.25, -0.2) is 0 Å². The summed E-state index contributed by atoms with van der Waals surface area (Å²) in [5.41, 5.74) is 1.26. The molecule has 4 aromatic carbocycles. The van der Waals surface area contributed by atoms with Crippen LogP contribution in [-0.4, -0.2) is 44.9 Å². The molecule has 1 saturated heterocycles. The predicted molar refractivity (Wildman–Crippen MR) is 209 cm³/mol. The molecule has 5 nitrogen and oxygen atoms in total. The van der Waals surface area contributed by atoms with Crippen molar-refractivity contribution in [3.63, 3.8) is 0 Å². The van der Waals surface area contributed by atoms with E-state index in [-0.39, 0.29) is 46.8 Å². The summed E-state index contributed by atoms with van der Waals surface area (Å²) in [6.45, 7) is 11.4. The molecule has 2 unspecified atom stereocenters. The van der Waals surface area contributed by atoms with Crippen LogP contribution in [0.15, 0.2) is 109 Å². The highest BCUT2D eigenvalue weighted by atomic mass is 35.5. The van der Waals surface area contributed by atoms with E-state index in [9.17, 15) is 4.79 Å². The van der Waals surface area contributed by atoms with E-state index in [2.05, 4.69) is 94.1 Å². The topological polar surface area (TPSA) is 55.8 Å². The highest BCUT2D eigenvalue weighted by Gasteiger charge is 2.63. The van der Waals surface area contributed by atoms with Gasteiger partial charge in [0.25, 0.3) is 8.32 Å². The zero-order valence-electron chi connectivity index (χ0n) is 30.4. The number of carbonyl (C=O) groups is 2. The Kier molecular flexibility index (Phi) is 10.9. The quantitative estimate of drug-likeness (QED) is 0.114. The molecule has 51 heavy (non-hydrogen) atoms. The molecule has 0 radical (unpaired) electrons. The van der Waals surface area contributed by atoms with Crippen molar-refractivity contribution >= 4 is 53.8 Å². The molecule has 0 aromatic heterocycles. The average molecular weight is 743 g/mol. The summed E-state index contributed by atoms with van der Waals surface area (Å²) in [5.74, 6) is -0.723. The van der Waals surface area contributed by atoms with Gasteiger partial charge in [0.05, 0.1) is 37.1 Å². The summed E-state index contributed by atoms with van der Waals surface area (Å²) in [7, 11) is -1.49. The lowest BCUT2D eigenvalue weighted by molar-refractivity contribution is -0.158. The molecular formula is C43H49Cl2NO4Si. The van der Waals surface area contributed by atoms with Gasteiger partial charge in [0, 0.05) is 16.0 Å². The number of carbonyl (C=O) groups excluding carboxylic acids is 2. The van der Waals surface area contributed by atoms with Gasteiger partial charge in [0.15, 0.2) is 0 Å². The summed E-state index contributed by atoms with van der Waals surface area (Å²) < 4.78 is 12.7. The lowest BCUT2D eigenvalue weighted by Gasteiger charge is -2.53. The third-order valence-electron chi connectivity index (χ3n) is 11.4. The summed E-state index contributed by atoms with van der Waals surface area (Å²) in [6, 6.07) is 36.5. The van der Waals surface area contributed by atoms with Crippen LogP contribution < -0.4 is 10.4 Å². The van der Waals surface area contributed by atoms with Gasteiger partial charge < -0.3 is 14.1 Å². The second-order valence-electron chi connectivity index (χ2n) is 15.5. The molecule has 1 amide bonds. The van der Waals surface area contributed by atoms with Crippen LogP contribution in [0.25, 0.3) is 0 Å². The molecule has 8 heteroatoms. The number of ether oxygens (including phenoxy) is 1. The van der Waals surface area contributed by atoms with E-state index in [1.54, 1.807) is 0 Å². The maximum atomic E-state index is 15.4. The first-order valence-electron chi connectivity index (χ1n) is 18.0. The van der Waals surface area contributed by atoms with E-state index >= 15 is 4.79 Å². The van der Waals surface area contributed by atoms with Gasteiger partial charge in [-0.05, 0) is 76.0 Å². The number of hydrogen-bond donors (Lipinski definition) is 0. The molecule has 1 saturated carbocycles. The first-order valence-corrected chi connectivity index (χ1v) is 20.7. The summed E-state index contributed by atoms with van der Waals surface area (Å²) in [4.78, 5) is 30.4. The minimum Gasteiger partial charge on any atom is -0.469 e. The highest BCUT2D eigenvalue weighted by Crippen LogP contribution is 2.61. The second kappa shape index (κ2) is 14.9. The molecule has 6 atom stereocenters. The fraction of sp³-hybridized carbons (Fsp3) is 0.395. The number of piperidine rings is 1. The van der Waals surface area contributed by atoms with Crippen molar-refractivity contribution in [2.24, 2.45) is 17.3 Å². The molecule has 1 aliphatic carbocycles. The van der Waals surface area contributed by atoms with E-state index in [0.717, 1.165) is 11.1 Å². The Bertz CT molecular complexity index is 1790. The van der Waals surface area contributed by atoms with Gasteiger partial charge >= 0.3 is 5.97 Å². The molecule has 0 spiro atoms. The Balaban J connectivity index is 1.50. The third kappa shape index (κ3) is 7.05. The van der Waals surface area contributed by atoms with Crippen LogP contribution in [0.4, 0.5) is 0 Å². The summed E-state index contributed by atoms with van der Waals surface area (Å²) >= 11 is 13.1. The number of amides is 1. The molecule has 6 rings (SSSR count). The van der Waals surface area contributed by atoms with Crippen LogP contribution in [0.1, 0.15) is 77.0 Å². The number of halogens is 2. The van der Waals surface area contributed by atoms with Gasteiger partial charge in [-0.15, -0.1) is 0 Å². The van der Waals surface area contributed by atoms with E-state index in [0.29, 0.717) is 35.9 Å². The van der Waals surface area contributed by atoms with Crippen molar-refractivity contribution < 1.29 is 18.8 Å². The lowest BCUT2D eigenvalue weighted by atomic mass is 9.65.